The van der Waals surface area contributed by atoms with Gasteiger partial charge in [-0.2, -0.15) is 0 Å². The van der Waals surface area contributed by atoms with Crippen LogP contribution in [0.4, 0.5) is 4.79 Å². The Bertz CT molecular complexity index is 349. The van der Waals surface area contributed by atoms with E-state index in [0.29, 0.717) is 19.4 Å². The number of carboxylic acids is 1. The summed E-state index contributed by atoms with van der Waals surface area (Å²) < 4.78 is 11.1. The zero-order valence-corrected chi connectivity index (χ0v) is 12.8. The van der Waals surface area contributed by atoms with E-state index in [2.05, 4.69) is 10.6 Å². The van der Waals surface area contributed by atoms with Gasteiger partial charge >= 0.3 is 12.0 Å². The average molecular weight is 292 g/mol. The van der Waals surface area contributed by atoms with Gasteiger partial charge in [0.1, 0.15) is 0 Å². The molecule has 0 saturated heterocycles. The van der Waals surface area contributed by atoms with Crippen molar-refractivity contribution in [2.75, 3.05) is 19.3 Å². The lowest BCUT2D eigenvalue weighted by molar-refractivity contribution is -0.147. The summed E-state index contributed by atoms with van der Waals surface area (Å²) in [4.78, 5) is 22.5. The van der Waals surface area contributed by atoms with Gasteiger partial charge in [-0.1, -0.05) is 13.8 Å². The highest BCUT2D eigenvalue weighted by molar-refractivity contribution is 7.84. The molecule has 0 aliphatic rings. The van der Waals surface area contributed by atoms with Gasteiger partial charge in [-0.3, -0.25) is 9.00 Å². The molecule has 7 heteroatoms. The molecule has 2 amide bonds. The molecule has 0 bridgehead atoms. The fourth-order valence-corrected chi connectivity index (χ4v) is 1.69. The van der Waals surface area contributed by atoms with Gasteiger partial charge in [0.2, 0.25) is 0 Å². The van der Waals surface area contributed by atoms with Crippen LogP contribution in [0.15, 0.2) is 0 Å². The Hall–Kier alpha value is -1.11. The van der Waals surface area contributed by atoms with Gasteiger partial charge in [0.05, 0.1) is 5.41 Å². The van der Waals surface area contributed by atoms with Crippen LogP contribution in [0, 0.1) is 5.41 Å². The van der Waals surface area contributed by atoms with E-state index in [0.717, 1.165) is 0 Å². The molecule has 0 spiro atoms. The van der Waals surface area contributed by atoms with Gasteiger partial charge < -0.3 is 15.7 Å². The van der Waals surface area contributed by atoms with Crippen molar-refractivity contribution in [1.82, 2.24) is 10.6 Å². The standard InChI is InChI=1S/C12H24N2O4S/c1-5-12(3,10(15)16)8-14-11(17)13-7-6-9(2)19(4)18/h9H,5-8H2,1-4H3,(H,15,16)(H2,13,14,17). The van der Waals surface area contributed by atoms with Crippen molar-refractivity contribution in [3.63, 3.8) is 0 Å². The first-order chi connectivity index (χ1) is 8.73. The van der Waals surface area contributed by atoms with Crippen molar-refractivity contribution in [3.8, 4) is 0 Å². The van der Waals surface area contributed by atoms with Gasteiger partial charge in [-0.25, -0.2) is 4.79 Å². The lowest BCUT2D eigenvalue weighted by atomic mass is 9.88. The van der Waals surface area contributed by atoms with E-state index < -0.39 is 28.2 Å². The maximum absolute atomic E-state index is 11.5. The van der Waals surface area contributed by atoms with Crippen molar-refractivity contribution < 1.29 is 18.9 Å². The van der Waals surface area contributed by atoms with Crippen LogP contribution in [-0.4, -0.2) is 45.9 Å². The summed E-state index contributed by atoms with van der Waals surface area (Å²) in [5.41, 5.74) is -0.949. The quantitative estimate of drug-likeness (QED) is 0.620. The summed E-state index contributed by atoms with van der Waals surface area (Å²) in [7, 11) is -0.900. The predicted molar refractivity (Wildman–Crippen MR) is 75.6 cm³/mol. The molecule has 0 aromatic rings. The number of urea groups is 1. The molecule has 0 heterocycles. The summed E-state index contributed by atoms with van der Waals surface area (Å²) in [6.07, 6.45) is 2.69. The number of amides is 2. The first kappa shape index (κ1) is 17.9. The van der Waals surface area contributed by atoms with Crippen LogP contribution in [0.3, 0.4) is 0 Å². The minimum atomic E-state index is -0.949. The fourth-order valence-electron chi connectivity index (χ4n) is 1.24. The normalized spacial score (nSPS) is 17.1. The molecule has 3 unspecified atom stereocenters. The minimum absolute atomic E-state index is 0.0280. The van der Waals surface area contributed by atoms with Crippen LogP contribution in [0.2, 0.25) is 0 Å². The minimum Gasteiger partial charge on any atom is -0.481 e. The van der Waals surface area contributed by atoms with Gasteiger partial charge in [0, 0.05) is 35.4 Å². The predicted octanol–water partition coefficient (Wildman–Crippen LogP) is 0.944. The van der Waals surface area contributed by atoms with Crippen molar-refractivity contribution >= 4 is 22.8 Å². The fraction of sp³-hybridized carbons (Fsp3) is 0.833. The third kappa shape index (κ3) is 6.56. The topological polar surface area (TPSA) is 95.5 Å². The molecular weight excluding hydrogens is 268 g/mol. The summed E-state index contributed by atoms with van der Waals surface area (Å²) in [6, 6.07) is -0.394. The van der Waals surface area contributed by atoms with Gasteiger partial charge in [0.25, 0.3) is 0 Å². The van der Waals surface area contributed by atoms with Crippen LogP contribution in [0.5, 0.6) is 0 Å². The van der Waals surface area contributed by atoms with E-state index in [1.54, 1.807) is 20.1 Å². The Morgan fingerprint density at radius 2 is 1.95 bits per heavy atom. The van der Waals surface area contributed by atoms with Crippen molar-refractivity contribution in [1.29, 1.82) is 0 Å². The molecule has 6 nitrogen and oxygen atoms in total. The number of hydrogen-bond donors (Lipinski definition) is 3. The van der Waals surface area contributed by atoms with E-state index in [-0.39, 0.29) is 11.8 Å². The number of rotatable bonds is 8. The maximum atomic E-state index is 11.5. The Labute approximate surface area is 116 Å². The second kappa shape index (κ2) is 8.14. The molecule has 0 aromatic heterocycles. The third-order valence-corrected chi connectivity index (χ3v) is 4.71. The van der Waals surface area contributed by atoms with Gasteiger partial charge in [0.15, 0.2) is 0 Å². The summed E-state index contributed by atoms with van der Waals surface area (Å²) >= 11 is 0. The molecule has 0 fully saturated rings. The molecule has 0 aliphatic heterocycles. The van der Waals surface area contributed by atoms with Crippen molar-refractivity contribution in [2.45, 2.75) is 38.9 Å². The van der Waals surface area contributed by atoms with Crippen molar-refractivity contribution in [2.24, 2.45) is 5.41 Å². The van der Waals surface area contributed by atoms with Crippen LogP contribution in [-0.2, 0) is 15.6 Å². The van der Waals surface area contributed by atoms with Crippen LogP contribution < -0.4 is 10.6 Å². The second-order valence-corrected chi connectivity index (χ2v) is 6.73. The SMILES string of the molecule is CCC(C)(CNC(=O)NCCC(C)S(C)=O)C(=O)O. The molecule has 112 valence electrons. The molecule has 19 heavy (non-hydrogen) atoms. The Kier molecular flexibility index (Phi) is 7.66. The Balaban J connectivity index is 4.00. The highest BCUT2D eigenvalue weighted by Gasteiger charge is 2.31. The smallest absolute Gasteiger partial charge is 0.314 e. The van der Waals surface area contributed by atoms with Crippen LogP contribution in [0.1, 0.15) is 33.6 Å². The number of nitrogens with one attached hydrogen (secondary N) is 2. The van der Waals surface area contributed by atoms with Gasteiger partial charge in [-0.05, 0) is 19.8 Å². The number of carbonyl (C=O) groups is 2. The first-order valence-electron chi connectivity index (χ1n) is 6.30. The lowest BCUT2D eigenvalue weighted by Crippen LogP contribution is -2.45. The number of hydrogen-bond acceptors (Lipinski definition) is 3. The molecule has 0 aromatic carbocycles. The average Bonchev–Trinajstić information content (AvgIpc) is 2.35. The Morgan fingerprint density at radius 1 is 1.37 bits per heavy atom. The lowest BCUT2D eigenvalue weighted by Gasteiger charge is -2.23. The van der Waals surface area contributed by atoms with E-state index >= 15 is 0 Å². The molecule has 0 radical (unpaired) electrons. The highest BCUT2D eigenvalue weighted by Crippen LogP contribution is 2.19. The largest absolute Gasteiger partial charge is 0.481 e. The molecule has 0 saturated carbocycles. The van der Waals surface area contributed by atoms with E-state index in [1.807, 2.05) is 6.92 Å². The molecule has 3 atom stereocenters. The Morgan fingerprint density at radius 3 is 2.37 bits per heavy atom. The zero-order chi connectivity index (χ0) is 15.1. The van der Waals surface area contributed by atoms with Crippen LogP contribution in [0.25, 0.3) is 0 Å². The number of aliphatic carboxylic acids is 1. The number of carbonyl (C=O) groups excluding carboxylic acids is 1. The summed E-state index contributed by atoms with van der Waals surface area (Å²) in [5.74, 6) is -0.926. The van der Waals surface area contributed by atoms with E-state index in [4.69, 9.17) is 5.11 Å². The number of carboxylic acid groups (broad SMARTS) is 1. The monoisotopic (exact) mass is 292 g/mol. The molecule has 0 rings (SSSR count). The second-order valence-electron chi connectivity index (χ2n) is 4.93. The highest BCUT2D eigenvalue weighted by atomic mass is 32.2. The first-order valence-corrected chi connectivity index (χ1v) is 7.92. The molecule has 3 N–H and O–H groups in total. The van der Waals surface area contributed by atoms with E-state index in [1.165, 1.54) is 0 Å². The van der Waals surface area contributed by atoms with Gasteiger partial charge in [-0.15, -0.1) is 0 Å². The third-order valence-electron chi connectivity index (χ3n) is 3.34. The maximum Gasteiger partial charge on any atom is 0.314 e. The molecular formula is C12H24N2O4S. The summed E-state index contributed by atoms with van der Waals surface area (Å²) in [5, 5.41) is 14.3. The zero-order valence-electron chi connectivity index (χ0n) is 12.0. The van der Waals surface area contributed by atoms with Crippen molar-refractivity contribution in [3.05, 3.63) is 0 Å². The van der Waals surface area contributed by atoms with E-state index in [9.17, 15) is 13.8 Å². The van der Waals surface area contributed by atoms with Crippen LogP contribution >= 0.6 is 0 Å². The summed E-state index contributed by atoms with van der Waals surface area (Å²) in [6.45, 7) is 5.72. The molecule has 0 aliphatic carbocycles.